The average Bonchev–Trinajstić information content (AvgIpc) is 2.89. The van der Waals surface area contributed by atoms with E-state index in [1.165, 1.54) is 4.88 Å². The van der Waals surface area contributed by atoms with Gasteiger partial charge in [0, 0.05) is 17.0 Å². The maximum Gasteiger partial charge on any atom is 0.307 e. The number of aliphatic carboxylic acids is 1. The van der Waals surface area contributed by atoms with Crippen LogP contribution in [0.4, 0.5) is 5.69 Å². The monoisotopic (exact) mass is 289 g/mol. The summed E-state index contributed by atoms with van der Waals surface area (Å²) in [6.07, 6.45) is 1.10. The molecule has 1 amide bonds. The zero-order valence-electron chi connectivity index (χ0n) is 10.8. The molecule has 2 rings (SSSR count). The van der Waals surface area contributed by atoms with Crippen LogP contribution in [0.15, 0.2) is 41.8 Å². The van der Waals surface area contributed by atoms with Gasteiger partial charge in [0.05, 0.1) is 6.42 Å². The lowest BCUT2D eigenvalue weighted by Gasteiger charge is -2.06. The predicted molar refractivity (Wildman–Crippen MR) is 79.1 cm³/mol. The van der Waals surface area contributed by atoms with E-state index < -0.39 is 5.97 Å². The van der Waals surface area contributed by atoms with Crippen molar-refractivity contribution in [3.05, 3.63) is 52.2 Å². The Kier molecular flexibility index (Phi) is 4.90. The Balaban J connectivity index is 1.88. The minimum atomic E-state index is -0.883. The second-order valence-corrected chi connectivity index (χ2v) is 5.43. The van der Waals surface area contributed by atoms with Crippen LogP contribution in [0.2, 0.25) is 0 Å². The third-order valence-electron chi connectivity index (χ3n) is 2.74. The molecule has 1 aromatic heterocycles. The number of carboxylic acid groups (broad SMARTS) is 1. The molecule has 0 saturated carbocycles. The molecule has 0 aliphatic carbocycles. The molecule has 0 aliphatic rings. The Hall–Kier alpha value is -2.14. The molecule has 0 aliphatic heterocycles. The van der Waals surface area contributed by atoms with Crippen LogP contribution in [-0.2, 0) is 22.4 Å². The fourth-order valence-corrected chi connectivity index (χ4v) is 2.56. The lowest BCUT2D eigenvalue weighted by molar-refractivity contribution is -0.136. The Labute approximate surface area is 121 Å². The van der Waals surface area contributed by atoms with E-state index in [0.717, 1.165) is 6.42 Å². The summed E-state index contributed by atoms with van der Waals surface area (Å²) in [6.45, 7) is 0. The number of carbonyl (C=O) groups is 2. The Morgan fingerprint density at radius 2 is 2.05 bits per heavy atom. The standard InChI is InChI=1S/C15H15NO3S/c17-14(7-6-13-5-2-8-20-13)16-12-4-1-3-11(9-12)10-15(18)19/h1-5,8-9H,6-7,10H2,(H,16,17)(H,18,19). The van der Waals surface area contributed by atoms with Crippen molar-refractivity contribution in [1.82, 2.24) is 0 Å². The van der Waals surface area contributed by atoms with Gasteiger partial charge in [-0.15, -0.1) is 11.3 Å². The Morgan fingerprint density at radius 3 is 2.75 bits per heavy atom. The third kappa shape index (κ3) is 4.51. The average molecular weight is 289 g/mol. The number of thiophene rings is 1. The number of carbonyl (C=O) groups excluding carboxylic acids is 1. The van der Waals surface area contributed by atoms with Gasteiger partial charge in [-0.3, -0.25) is 9.59 Å². The summed E-state index contributed by atoms with van der Waals surface area (Å²) in [5.74, 6) is -0.947. The van der Waals surface area contributed by atoms with Crippen LogP contribution in [0.1, 0.15) is 16.9 Å². The van der Waals surface area contributed by atoms with Gasteiger partial charge in [0.15, 0.2) is 0 Å². The number of benzene rings is 1. The molecule has 4 nitrogen and oxygen atoms in total. The van der Waals surface area contributed by atoms with E-state index in [1.807, 2.05) is 17.5 Å². The summed E-state index contributed by atoms with van der Waals surface area (Å²) in [7, 11) is 0. The Morgan fingerprint density at radius 1 is 1.20 bits per heavy atom. The van der Waals surface area contributed by atoms with E-state index in [2.05, 4.69) is 5.32 Å². The fourth-order valence-electron chi connectivity index (χ4n) is 1.85. The van der Waals surface area contributed by atoms with Gasteiger partial charge in [-0.2, -0.15) is 0 Å². The van der Waals surface area contributed by atoms with Gasteiger partial charge in [-0.1, -0.05) is 18.2 Å². The molecule has 0 unspecified atom stereocenters. The SMILES string of the molecule is O=C(O)Cc1cccc(NC(=O)CCc2cccs2)c1. The molecule has 2 aromatic rings. The number of aryl methyl sites for hydroxylation is 1. The fraction of sp³-hybridized carbons (Fsp3) is 0.200. The van der Waals surface area contributed by atoms with Gasteiger partial charge in [-0.25, -0.2) is 0 Å². The smallest absolute Gasteiger partial charge is 0.307 e. The second-order valence-electron chi connectivity index (χ2n) is 4.40. The maximum absolute atomic E-state index is 11.8. The number of hydrogen-bond acceptors (Lipinski definition) is 3. The van der Waals surface area contributed by atoms with E-state index in [1.54, 1.807) is 35.6 Å². The molecule has 1 heterocycles. The van der Waals surface area contributed by atoms with Crippen LogP contribution in [0.3, 0.4) is 0 Å². The second kappa shape index (κ2) is 6.86. The van der Waals surface area contributed by atoms with Crippen molar-refractivity contribution in [2.24, 2.45) is 0 Å². The molecule has 1 aromatic carbocycles. The molecule has 0 saturated heterocycles. The van der Waals surface area contributed by atoms with Crippen molar-refractivity contribution in [3.63, 3.8) is 0 Å². The van der Waals surface area contributed by atoms with E-state index >= 15 is 0 Å². The molecule has 0 atom stereocenters. The minimum Gasteiger partial charge on any atom is -0.481 e. The van der Waals surface area contributed by atoms with Crippen molar-refractivity contribution >= 4 is 28.9 Å². The molecular formula is C15H15NO3S. The summed E-state index contributed by atoms with van der Waals surface area (Å²) >= 11 is 1.64. The molecule has 0 radical (unpaired) electrons. The zero-order chi connectivity index (χ0) is 14.4. The highest BCUT2D eigenvalue weighted by Crippen LogP contribution is 2.14. The number of nitrogens with one attached hydrogen (secondary N) is 1. The van der Waals surface area contributed by atoms with Gasteiger partial charge >= 0.3 is 5.97 Å². The first kappa shape index (κ1) is 14.3. The van der Waals surface area contributed by atoms with Gasteiger partial charge in [0.25, 0.3) is 0 Å². The van der Waals surface area contributed by atoms with Gasteiger partial charge in [0.1, 0.15) is 0 Å². The van der Waals surface area contributed by atoms with Crippen LogP contribution in [-0.4, -0.2) is 17.0 Å². The molecule has 0 spiro atoms. The summed E-state index contributed by atoms with van der Waals surface area (Å²) < 4.78 is 0. The van der Waals surface area contributed by atoms with Crippen LogP contribution in [0.25, 0.3) is 0 Å². The number of amides is 1. The van der Waals surface area contributed by atoms with Crippen LogP contribution in [0, 0.1) is 0 Å². The highest BCUT2D eigenvalue weighted by molar-refractivity contribution is 7.09. The van der Waals surface area contributed by atoms with E-state index in [0.29, 0.717) is 17.7 Å². The quantitative estimate of drug-likeness (QED) is 0.859. The summed E-state index contributed by atoms with van der Waals surface area (Å²) in [6, 6.07) is 10.9. The first-order valence-electron chi connectivity index (χ1n) is 6.26. The largest absolute Gasteiger partial charge is 0.481 e. The first-order valence-corrected chi connectivity index (χ1v) is 7.14. The minimum absolute atomic E-state index is 0.0428. The van der Waals surface area contributed by atoms with Crippen molar-refractivity contribution in [2.75, 3.05) is 5.32 Å². The maximum atomic E-state index is 11.8. The number of hydrogen-bond donors (Lipinski definition) is 2. The highest BCUT2D eigenvalue weighted by atomic mass is 32.1. The lowest BCUT2D eigenvalue weighted by Crippen LogP contribution is -2.12. The summed E-state index contributed by atoms with van der Waals surface area (Å²) in [5, 5.41) is 13.5. The molecule has 0 fully saturated rings. The molecular weight excluding hydrogens is 274 g/mol. The number of rotatable bonds is 6. The van der Waals surface area contributed by atoms with E-state index in [4.69, 9.17) is 5.11 Å². The Bertz CT molecular complexity index is 593. The topological polar surface area (TPSA) is 66.4 Å². The predicted octanol–water partition coefficient (Wildman–Crippen LogP) is 2.95. The molecule has 104 valence electrons. The molecule has 2 N–H and O–H groups in total. The summed E-state index contributed by atoms with van der Waals surface area (Å²) in [5.41, 5.74) is 1.31. The van der Waals surface area contributed by atoms with Crippen LogP contribution in [0.5, 0.6) is 0 Å². The third-order valence-corrected chi connectivity index (χ3v) is 3.68. The van der Waals surface area contributed by atoms with Crippen LogP contribution < -0.4 is 5.32 Å². The van der Waals surface area contributed by atoms with Crippen molar-refractivity contribution in [1.29, 1.82) is 0 Å². The zero-order valence-corrected chi connectivity index (χ0v) is 11.7. The van der Waals surface area contributed by atoms with Crippen molar-refractivity contribution in [2.45, 2.75) is 19.3 Å². The van der Waals surface area contributed by atoms with E-state index in [9.17, 15) is 9.59 Å². The highest BCUT2D eigenvalue weighted by Gasteiger charge is 2.06. The van der Waals surface area contributed by atoms with E-state index in [-0.39, 0.29) is 12.3 Å². The van der Waals surface area contributed by atoms with Crippen molar-refractivity contribution in [3.8, 4) is 0 Å². The van der Waals surface area contributed by atoms with Crippen molar-refractivity contribution < 1.29 is 14.7 Å². The first-order chi connectivity index (χ1) is 9.63. The molecule has 0 bridgehead atoms. The van der Waals surface area contributed by atoms with Gasteiger partial charge in [-0.05, 0) is 35.6 Å². The molecule has 5 heteroatoms. The number of anilines is 1. The van der Waals surface area contributed by atoms with Gasteiger partial charge < -0.3 is 10.4 Å². The number of carboxylic acids is 1. The van der Waals surface area contributed by atoms with Gasteiger partial charge in [0.2, 0.25) is 5.91 Å². The summed E-state index contributed by atoms with van der Waals surface area (Å²) in [4.78, 5) is 23.6. The van der Waals surface area contributed by atoms with Crippen LogP contribution >= 0.6 is 11.3 Å². The molecule has 20 heavy (non-hydrogen) atoms. The lowest BCUT2D eigenvalue weighted by atomic mass is 10.1. The normalized spacial score (nSPS) is 10.2.